The molecule has 0 bridgehead atoms. The number of aryl methyl sites for hydroxylation is 1. The monoisotopic (exact) mass is 371 g/mol. The van der Waals surface area contributed by atoms with Crippen molar-refractivity contribution in [3.05, 3.63) is 29.3 Å². The van der Waals surface area contributed by atoms with Gasteiger partial charge in [0.05, 0.1) is 13.2 Å². The maximum Gasteiger partial charge on any atom is 0.119 e. The smallest absolute Gasteiger partial charge is 0.119 e. The highest BCUT2D eigenvalue weighted by Gasteiger charge is 2.55. The van der Waals surface area contributed by atoms with Gasteiger partial charge in [0, 0.05) is 6.61 Å². The van der Waals surface area contributed by atoms with Crippen molar-refractivity contribution in [1.82, 2.24) is 4.90 Å². The van der Waals surface area contributed by atoms with Gasteiger partial charge in [-0.05, 0) is 112 Å². The SMILES string of the molecule is COc1ccc2c(c1)CC[C@@H]1[C@@H]2CC[C@]2(C)[C@@H](OCCCN(C)C)CC[C@@H]12. The van der Waals surface area contributed by atoms with Crippen LogP contribution in [-0.4, -0.2) is 45.4 Å². The fraction of sp³-hybridized carbons (Fsp3) is 0.750. The van der Waals surface area contributed by atoms with E-state index in [9.17, 15) is 0 Å². The normalized spacial score (nSPS) is 34.9. The summed E-state index contributed by atoms with van der Waals surface area (Å²) in [6.45, 7) is 4.58. The molecular weight excluding hydrogens is 334 g/mol. The van der Waals surface area contributed by atoms with Crippen LogP contribution in [0.5, 0.6) is 5.75 Å². The van der Waals surface area contributed by atoms with E-state index in [1.54, 1.807) is 12.7 Å². The summed E-state index contributed by atoms with van der Waals surface area (Å²) in [4.78, 5) is 2.25. The van der Waals surface area contributed by atoms with Crippen molar-refractivity contribution in [2.75, 3.05) is 34.4 Å². The van der Waals surface area contributed by atoms with Crippen molar-refractivity contribution >= 4 is 0 Å². The number of methoxy groups -OCH3 is 1. The Hall–Kier alpha value is -1.06. The van der Waals surface area contributed by atoms with Gasteiger partial charge in [-0.2, -0.15) is 0 Å². The van der Waals surface area contributed by atoms with Crippen molar-refractivity contribution in [1.29, 1.82) is 0 Å². The number of ether oxygens (including phenoxy) is 2. The molecule has 150 valence electrons. The van der Waals surface area contributed by atoms with E-state index in [0.29, 0.717) is 11.5 Å². The third kappa shape index (κ3) is 3.53. The minimum atomic E-state index is 0.392. The molecule has 4 rings (SSSR count). The summed E-state index contributed by atoms with van der Waals surface area (Å²) in [7, 11) is 6.06. The number of hydrogen-bond acceptors (Lipinski definition) is 3. The van der Waals surface area contributed by atoms with E-state index in [0.717, 1.165) is 43.1 Å². The van der Waals surface area contributed by atoms with Crippen LogP contribution in [0.3, 0.4) is 0 Å². The lowest BCUT2D eigenvalue weighted by Gasteiger charge is -2.50. The second-order valence-electron chi connectivity index (χ2n) is 9.62. The highest BCUT2D eigenvalue weighted by Crippen LogP contribution is 2.61. The van der Waals surface area contributed by atoms with Crippen LogP contribution in [0.15, 0.2) is 18.2 Å². The van der Waals surface area contributed by atoms with Crippen LogP contribution in [-0.2, 0) is 11.2 Å². The zero-order valence-corrected chi connectivity index (χ0v) is 17.7. The molecule has 0 saturated heterocycles. The van der Waals surface area contributed by atoms with E-state index >= 15 is 0 Å². The zero-order chi connectivity index (χ0) is 19.0. The van der Waals surface area contributed by atoms with Gasteiger partial charge in [-0.3, -0.25) is 0 Å². The molecule has 1 aromatic rings. The number of fused-ring (bicyclic) bond motifs is 5. The molecule has 3 aliphatic rings. The van der Waals surface area contributed by atoms with Crippen LogP contribution in [0, 0.1) is 17.3 Å². The summed E-state index contributed by atoms with van der Waals surface area (Å²) >= 11 is 0. The van der Waals surface area contributed by atoms with Gasteiger partial charge in [0.1, 0.15) is 5.75 Å². The fourth-order valence-electron chi connectivity index (χ4n) is 6.52. The summed E-state index contributed by atoms with van der Waals surface area (Å²) < 4.78 is 11.9. The van der Waals surface area contributed by atoms with Crippen molar-refractivity contribution in [2.45, 2.75) is 63.9 Å². The number of hydrogen-bond donors (Lipinski definition) is 0. The number of nitrogens with zero attached hydrogens (tertiary/aromatic N) is 1. The van der Waals surface area contributed by atoms with Gasteiger partial charge < -0.3 is 14.4 Å². The third-order valence-corrected chi connectivity index (χ3v) is 7.92. The lowest BCUT2D eigenvalue weighted by Crippen LogP contribution is -2.44. The number of benzene rings is 1. The Morgan fingerprint density at radius 2 is 2.00 bits per heavy atom. The van der Waals surface area contributed by atoms with Crippen LogP contribution in [0.25, 0.3) is 0 Å². The molecule has 0 aliphatic heterocycles. The predicted molar refractivity (Wildman–Crippen MR) is 111 cm³/mol. The maximum atomic E-state index is 6.46. The van der Waals surface area contributed by atoms with Gasteiger partial charge in [0.2, 0.25) is 0 Å². The van der Waals surface area contributed by atoms with Crippen LogP contribution in [0.1, 0.15) is 62.5 Å². The van der Waals surface area contributed by atoms with E-state index < -0.39 is 0 Å². The van der Waals surface area contributed by atoms with Gasteiger partial charge in [-0.25, -0.2) is 0 Å². The van der Waals surface area contributed by atoms with Crippen molar-refractivity contribution in [3.63, 3.8) is 0 Å². The largest absolute Gasteiger partial charge is 0.497 e. The topological polar surface area (TPSA) is 21.7 Å². The zero-order valence-electron chi connectivity index (χ0n) is 17.7. The molecule has 3 nitrogen and oxygen atoms in total. The lowest BCUT2D eigenvalue weighted by atomic mass is 9.55. The maximum absolute atomic E-state index is 6.46. The van der Waals surface area contributed by atoms with E-state index in [2.05, 4.69) is 44.1 Å². The van der Waals surface area contributed by atoms with Crippen molar-refractivity contribution in [3.8, 4) is 5.75 Å². The van der Waals surface area contributed by atoms with Crippen LogP contribution >= 0.6 is 0 Å². The molecule has 0 N–H and O–H groups in total. The molecule has 0 radical (unpaired) electrons. The average Bonchev–Trinajstić information content (AvgIpc) is 3.00. The van der Waals surface area contributed by atoms with Gasteiger partial charge >= 0.3 is 0 Å². The average molecular weight is 372 g/mol. The molecule has 0 amide bonds. The minimum Gasteiger partial charge on any atom is -0.497 e. The Labute approximate surface area is 165 Å². The standard InChI is InChI=1S/C24H37NO2/c1-24-13-12-20-19-9-7-18(26-4)16-17(19)6-8-21(20)22(24)10-11-23(24)27-15-5-14-25(2)3/h7,9,16,20-23H,5-6,8,10-15H2,1-4H3/t20-,21-,22+,23+,24+/m1/s1. The fourth-order valence-corrected chi connectivity index (χ4v) is 6.52. The van der Waals surface area contributed by atoms with E-state index in [-0.39, 0.29) is 0 Å². The highest BCUT2D eigenvalue weighted by atomic mass is 16.5. The molecule has 27 heavy (non-hydrogen) atoms. The minimum absolute atomic E-state index is 0.392. The van der Waals surface area contributed by atoms with Crippen LogP contribution < -0.4 is 4.74 Å². The molecule has 3 heteroatoms. The Kier molecular flexibility index (Phi) is 5.53. The Morgan fingerprint density at radius 3 is 2.78 bits per heavy atom. The second kappa shape index (κ2) is 7.75. The Bertz CT molecular complexity index is 658. The Morgan fingerprint density at radius 1 is 1.15 bits per heavy atom. The van der Waals surface area contributed by atoms with Crippen LogP contribution in [0.4, 0.5) is 0 Å². The molecule has 2 saturated carbocycles. The summed E-state index contributed by atoms with van der Waals surface area (Å²) in [5.41, 5.74) is 3.54. The number of rotatable bonds is 6. The summed E-state index contributed by atoms with van der Waals surface area (Å²) in [5.74, 6) is 3.45. The van der Waals surface area contributed by atoms with Gasteiger partial charge in [-0.1, -0.05) is 13.0 Å². The van der Waals surface area contributed by atoms with E-state index in [1.165, 1.54) is 44.1 Å². The summed E-state index contributed by atoms with van der Waals surface area (Å²) in [6.07, 6.45) is 9.46. The molecule has 3 aliphatic carbocycles. The molecular formula is C24H37NO2. The van der Waals surface area contributed by atoms with Crippen molar-refractivity contribution < 1.29 is 9.47 Å². The second-order valence-corrected chi connectivity index (χ2v) is 9.62. The molecule has 0 unspecified atom stereocenters. The summed E-state index contributed by atoms with van der Waals surface area (Å²) in [6, 6.07) is 6.81. The Balaban J connectivity index is 1.45. The first-order chi connectivity index (χ1) is 13.0. The van der Waals surface area contributed by atoms with E-state index in [1.807, 2.05) is 0 Å². The van der Waals surface area contributed by atoms with Gasteiger partial charge in [0.15, 0.2) is 0 Å². The van der Waals surface area contributed by atoms with Gasteiger partial charge in [-0.15, -0.1) is 0 Å². The predicted octanol–water partition coefficient (Wildman–Crippen LogP) is 4.89. The first kappa shape index (κ1) is 19.3. The molecule has 0 spiro atoms. The van der Waals surface area contributed by atoms with Gasteiger partial charge in [0.25, 0.3) is 0 Å². The molecule has 5 atom stereocenters. The first-order valence-corrected chi connectivity index (χ1v) is 11.0. The molecule has 2 fully saturated rings. The molecule has 0 aromatic heterocycles. The van der Waals surface area contributed by atoms with Crippen molar-refractivity contribution in [2.24, 2.45) is 17.3 Å². The van der Waals surface area contributed by atoms with Crippen LogP contribution in [0.2, 0.25) is 0 Å². The third-order valence-electron chi connectivity index (χ3n) is 7.92. The first-order valence-electron chi connectivity index (χ1n) is 11.0. The molecule has 0 heterocycles. The van der Waals surface area contributed by atoms with E-state index in [4.69, 9.17) is 9.47 Å². The summed E-state index contributed by atoms with van der Waals surface area (Å²) in [5, 5.41) is 0. The lowest BCUT2D eigenvalue weighted by molar-refractivity contribution is -0.0650. The quantitative estimate of drug-likeness (QED) is 0.665. The molecule has 1 aromatic carbocycles. The highest BCUT2D eigenvalue weighted by molar-refractivity contribution is 5.40.